The fourth-order valence-electron chi connectivity index (χ4n) is 2.38. The van der Waals surface area contributed by atoms with Crippen molar-refractivity contribution in [1.29, 1.82) is 0 Å². The maximum absolute atomic E-state index is 12.2. The van der Waals surface area contributed by atoms with Crippen LogP contribution in [0.15, 0.2) is 24.3 Å². The van der Waals surface area contributed by atoms with E-state index in [1.807, 2.05) is 28.8 Å². The number of hydrogen-bond acceptors (Lipinski definition) is 4. The van der Waals surface area contributed by atoms with Crippen molar-refractivity contribution < 1.29 is 14.3 Å². The van der Waals surface area contributed by atoms with Gasteiger partial charge in [0.15, 0.2) is 0 Å². The molecule has 0 aliphatic carbocycles. The van der Waals surface area contributed by atoms with Gasteiger partial charge in [0.1, 0.15) is 12.4 Å². The number of nitrogens with zero attached hydrogens (tertiary/aromatic N) is 2. The third-order valence-electron chi connectivity index (χ3n) is 3.65. The van der Waals surface area contributed by atoms with E-state index in [9.17, 15) is 9.59 Å². The minimum Gasteiger partial charge on any atom is -0.385 e. The fraction of sp³-hybridized carbons (Fsp3) is 0.471. The smallest absolute Gasteiger partial charge is 0.240 e. The minimum absolute atomic E-state index is 0.0439. The second-order valence-electron chi connectivity index (χ2n) is 5.43. The number of methoxy groups -OCH3 is 1. The summed E-state index contributed by atoms with van der Waals surface area (Å²) in [5, 5.41) is 5.68. The van der Waals surface area contributed by atoms with Gasteiger partial charge in [-0.3, -0.25) is 9.59 Å². The molecule has 0 aliphatic heterocycles. The van der Waals surface area contributed by atoms with E-state index in [2.05, 4.69) is 15.6 Å². The van der Waals surface area contributed by atoms with Crippen molar-refractivity contribution >= 4 is 22.8 Å². The summed E-state index contributed by atoms with van der Waals surface area (Å²) in [5.41, 5.74) is 1.69. The number of benzene rings is 1. The molecular formula is C17H24N4O3. The Labute approximate surface area is 141 Å². The molecule has 24 heavy (non-hydrogen) atoms. The van der Waals surface area contributed by atoms with Crippen molar-refractivity contribution in [1.82, 2.24) is 20.2 Å². The SMILES string of the molecule is CCC(=O)NCc1nc2ccccc2n1CC(=O)NCCCOC. The Morgan fingerprint density at radius 1 is 1.21 bits per heavy atom. The highest BCUT2D eigenvalue weighted by atomic mass is 16.5. The number of para-hydroxylation sites is 2. The number of nitrogens with one attached hydrogen (secondary N) is 2. The van der Waals surface area contributed by atoms with Crippen LogP contribution in [0.2, 0.25) is 0 Å². The van der Waals surface area contributed by atoms with Crippen molar-refractivity contribution in [3.63, 3.8) is 0 Å². The first-order chi connectivity index (χ1) is 11.7. The van der Waals surface area contributed by atoms with E-state index in [0.29, 0.717) is 31.9 Å². The Balaban J connectivity index is 2.10. The highest BCUT2D eigenvalue weighted by Gasteiger charge is 2.13. The molecule has 0 atom stereocenters. The van der Waals surface area contributed by atoms with Gasteiger partial charge in [0.05, 0.1) is 17.6 Å². The van der Waals surface area contributed by atoms with Crippen molar-refractivity contribution in [3.8, 4) is 0 Å². The average molecular weight is 332 g/mol. The van der Waals surface area contributed by atoms with Gasteiger partial charge in [0.2, 0.25) is 11.8 Å². The number of rotatable bonds is 9. The predicted octanol–water partition coefficient (Wildman–Crippen LogP) is 1.22. The van der Waals surface area contributed by atoms with E-state index in [4.69, 9.17) is 4.74 Å². The van der Waals surface area contributed by atoms with Gasteiger partial charge >= 0.3 is 0 Å². The Morgan fingerprint density at radius 3 is 2.75 bits per heavy atom. The fourth-order valence-corrected chi connectivity index (χ4v) is 2.38. The molecule has 0 radical (unpaired) electrons. The summed E-state index contributed by atoms with van der Waals surface area (Å²) in [7, 11) is 1.64. The van der Waals surface area contributed by atoms with Crippen LogP contribution in [0.4, 0.5) is 0 Å². The summed E-state index contributed by atoms with van der Waals surface area (Å²) in [6.45, 7) is 3.46. The van der Waals surface area contributed by atoms with E-state index < -0.39 is 0 Å². The molecule has 2 aromatic rings. The van der Waals surface area contributed by atoms with Crippen molar-refractivity contribution in [2.45, 2.75) is 32.9 Å². The lowest BCUT2D eigenvalue weighted by Crippen LogP contribution is -2.30. The highest BCUT2D eigenvalue weighted by molar-refractivity contribution is 5.81. The molecule has 7 heteroatoms. The molecule has 0 aliphatic rings. The van der Waals surface area contributed by atoms with Crippen LogP contribution in [0.1, 0.15) is 25.6 Å². The number of carbonyl (C=O) groups is 2. The van der Waals surface area contributed by atoms with Crippen molar-refractivity contribution in [2.75, 3.05) is 20.3 Å². The molecule has 2 N–H and O–H groups in total. The van der Waals surface area contributed by atoms with Crippen LogP contribution in [0.5, 0.6) is 0 Å². The molecule has 0 fully saturated rings. The Kier molecular flexibility index (Phi) is 6.74. The van der Waals surface area contributed by atoms with E-state index in [-0.39, 0.29) is 18.4 Å². The van der Waals surface area contributed by atoms with E-state index >= 15 is 0 Å². The van der Waals surface area contributed by atoms with Gasteiger partial charge < -0.3 is 19.9 Å². The number of imidazole rings is 1. The van der Waals surface area contributed by atoms with Gasteiger partial charge in [-0.2, -0.15) is 0 Å². The summed E-state index contributed by atoms with van der Waals surface area (Å²) in [6.07, 6.45) is 1.19. The van der Waals surface area contributed by atoms with Crippen LogP contribution in [0.3, 0.4) is 0 Å². The summed E-state index contributed by atoms with van der Waals surface area (Å²) >= 11 is 0. The summed E-state index contributed by atoms with van der Waals surface area (Å²) in [4.78, 5) is 28.2. The lowest BCUT2D eigenvalue weighted by molar-refractivity contribution is -0.121. The van der Waals surface area contributed by atoms with E-state index in [0.717, 1.165) is 17.5 Å². The number of ether oxygens (including phenoxy) is 1. The average Bonchev–Trinajstić information content (AvgIpc) is 2.94. The second-order valence-corrected chi connectivity index (χ2v) is 5.43. The molecule has 0 unspecified atom stereocenters. The molecule has 130 valence electrons. The number of aromatic nitrogens is 2. The summed E-state index contributed by atoms with van der Waals surface area (Å²) in [5.74, 6) is 0.542. The van der Waals surface area contributed by atoms with Crippen LogP contribution < -0.4 is 10.6 Å². The lowest BCUT2D eigenvalue weighted by Gasteiger charge is -2.10. The van der Waals surface area contributed by atoms with E-state index in [1.54, 1.807) is 14.0 Å². The standard InChI is InChI=1S/C17H24N4O3/c1-3-16(22)19-11-15-20-13-7-4-5-8-14(13)21(15)12-17(23)18-9-6-10-24-2/h4-5,7-8H,3,6,9-12H2,1-2H3,(H,18,23)(H,19,22). The van der Waals surface area contributed by atoms with Gasteiger partial charge in [-0.15, -0.1) is 0 Å². The maximum atomic E-state index is 12.2. The first-order valence-corrected chi connectivity index (χ1v) is 8.12. The Hall–Kier alpha value is -2.41. The maximum Gasteiger partial charge on any atom is 0.240 e. The molecular weight excluding hydrogens is 308 g/mol. The molecule has 1 heterocycles. The summed E-state index contributed by atoms with van der Waals surface area (Å²) < 4.78 is 6.81. The van der Waals surface area contributed by atoms with Gasteiger partial charge in [0, 0.05) is 26.7 Å². The zero-order valence-corrected chi connectivity index (χ0v) is 14.2. The molecule has 1 aromatic carbocycles. The van der Waals surface area contributed by atoms with Gasteiger partial charge in [-0.25, -0.2) is 4.98 Å². The molecule has 0 saturated carbocycles. The van der Waals surface area contributed by atoms with Crippen LogP contribution in [-0.2, 0) is 27.4 Å². The normalized spacial score (nSPS) is 10.8. The van der Waals surface area contributed by atoms with Crippen LogP contribution in [0, 0.1) is 0 Å². The zero-order chi connectivity index (χ0) is 17.4. The van der Waals surface area contributed by atoms with Gasteiger partial charge in [-0.05, 0) is 18.6 Å². The number of carbonyl (C=O) groups excluding carboxylic acids is 2. The Morgan fingerprint density at radius 2 is 2.00 bits per heavy atom. The largest absolute Gasteiger partial charge is 0.385 e. The first kappa shape index (κ1) is 17.9. The van der Waals surface area contributed by atoms with Crippen molar-refractivity contribution in [2.24, 2.45) is 0 Å². The second kappa shape index (κ2) is 9.02. The molecule has 0 saturated heterocycles. The van der Waals surface area contributed by atoms with Crippen LogP contribution >= 0.6 is 0 Å². The monoisotopic (exact) mass is 332 g/mol. The first-order valence-electron chi connectivity index (χ1n) is 8.12. The minimum atomic E-state index is -0.0858. The molecule has 2 amide bonds. The third-order valence-corrected chi connectivity index (χ3v) is 3.65. The molecule has 1 aromatic heterocycles. The molecule has 7 nitrogen and oxygen atoms in total. The summed E-state index contributed by atoms with van der Waals surface area (Å²) in [6, 6.07) is 7.63. The predicted molar refractivity (Wildman–Crippen MR) is 91.4 cm³/mol. The quantitative estimate of drug-likeness (QED) is 0.676. The third kappa shape index (κ3) is 4.79. The number of fused-ring (bicyclic) bond motifs is 1. The molecule has 0 bridgehead atoms. The number of amides is 2. The topological polar surface area (TPSA) is 85.2 Å². The van der Waals surface area contributed by atoms with E-state index in [1.165, 1.54) is 0 Å². The molecule has 0 spiro atoms. The van der Waals surface area contributed by atoms with Crippen molar-refractivity contribution in [3.05, 3.63) is 30.1 Å². The molecule has 2 rings (SSSR count). The zero-order valence-electron chi connectivity index (χ0n) is 14.2. The van der Waals surface area contributed by atoms with Gasteiger partial charge in [0.25, 0.3) is 0 Å². The Bertz CT molecular complexity index is 696. The van der Waals surface area contributed by atoms with Crippen LogP contribution in [0.25, 0.3) is 11.0 Å². The highest BCUT2D eigenvalue weighted by Crippen LogP contribution is 2.16. The van der Waals surface area contributed by atoms with Crippen LogP contribution in [-0.4, -0.2) is 41.6 Å². The number of hydrogen-bond donors (Lipinski definition) is 2. The van der Waals surface area contributed by atoms with Gasteiger partial charge in [-0.1, -0.05) is 19.1 Å². The lowest BCUT2D eigenvalue weighted by atomic mass is 10.3.